The average Bonchev–Trinajstić information content (AvgIpc) is 2.40. The first kappa shape index (κ1) is 42.9. The first-order chi connectivity index (χ1) is 10.1. The second kappa shape index (κ2) is 59.4. The summed E-state index contributed by atoms with van der Waals surface area (Å²) in [5.41, 5.74) is 0. The number of hydrogen-bond donors (Lipinski definition) is 1. The van der Waals surface area contributed by atoms with Crippen molar-refractivity contribution in [3.05, 3.63) is 0 Å². The second-order valence-electron chi connectivity index (χ2n) is 3.31. The SMILES string of the molecule is C.CC.CC(C)=O.CC(C)=O.CC=O.CC=O.CCC(=O)NC. The Bertz CT molecular complexity index is 219. The molecule has 0 saturated carbocycles. The molecule has 142 valence electrons. The molecule has 0 fully saturated rings. The van der Waals surface area contributed by atoms with Crippen molar-refractivity contribution in [3.8, 4) is 0 Å². The minimum Gasteiger partial charge on any atom is -0.359 e. The first-order valence-corrected chi connectivity index (χ1v) is 7.05. The van der Waals surface area contributed by atoms with Gasteiger partial charge in [0.1, 0.15) is 24.1 Å². The fraction of sp³-hybridized carbons (Fsp3) is 0.706. The Morgan fingerprint density at radius 2 is 0.957 bits per heavy atom. The minimum absolute atomic E-state index is 0. The Morgan fingerprint density at radius 1 is 0.826 bits per heavy atom. The Hall–Kier alpha value is -1.85. The van der Waals surface area contributed by atoms with Gasteiger partial charge < -0.3 is 24.5 Å². The molecule has 0 unspecified atom stereocenters. The maximum absolute atomic E-state index is 10.1. The molecule has 0 bridgehead atoms. The van der Waals surface area contributed by atoms with Crippen molar-refractivity contribution in [2.45, 2.75) is 76.2 Å². The van der Waals surface area contributed by atoms with E-state index in [2.05, 4.69) is 5.32 Å². The van der Waals surface area contributed by atoms with Crippen LogP contribution in [-0.2, 0) is 24.0 Å². The molecule has 0 rings (SSSR count). The smallest absolute Gasteiger partial charge is 0.219 e. The van der Waals surface area contributed by atoms with Crippen LogP contribution in [0.15, 0.2) is 0 Å². The molecule has 0 saturated heterocycles. The summed E-state index contributed by atoms with van der Waals surface area (Å²) in [6.45, 7) is 14.8. The van der Waals surface area contributed by atoms with Crippen molar-refractivity contribution in [2.75, 3.05) is 7.05 Å². The molecular formula is C17H39NO5. The van der Waals surface area contributed by atoms with E-state index in [9.17, 15) is 14.4 Å². The number of carbonyl (C=O) groups excluding carboxylic acids is 5. The lowest BCUT2D eigenvalue weighted by Crippen LogP contribution is -2.15. The highest BCUT2D eigenvalue weighted by Crippen LogP contribution is 1.68. The summed E-state index contributed by atoms with van der Waals surface area (Å²) in [5.74, 6) is 0.426. The molecule has 1 amide bonds. The number of carbonyl (C=O) groups is 5. The van der Waals surface area contributed by atoms with Gasteiger partial charge in [-0.1, -0.05) is 28.2 Å². The van der Waals surface area contributed by atoms with Crippen molar-refractivity contribution in [1.82, 2.24) is 5.32 Å². The molecule has 23 heavy (non-hydrogen) atoms. The number of Topliss-reactive ketones (excluding diaryl/α,β-unsaturated/α-hetero) is 2. The van der Waals surface area contributed by atoms with Gasteiger partial charge in [0.2, 0.25) is 5.91 Å². The molecule has 6 heteroatoms. The van der Waals surface area contributed by atoms with Crippen LogP contribution in [0.3, 0.4) is 0 Å². The van der Waals surface area contributed by atoms with E-state index in [0.717, 1.165) is 12.6 Å². The number of ketones is 2. The third kappa shape index (κ3) is 1440. The van der Waals surface area contributed by atoms with E-state index in [4.69, 9.17) is 9.59 Å². The lowest BCUT2D eigenvalue weighted by molar-refractivity contribution is -0.120. The first-order valence-electron chi connectivity index (χ1n) is 7.05. The molecule has 0 spiro atoms. The summed E-state index contributed by atoms with van der Waals surface area (Å²) < 4.78 is 0. The molecule has 0 aliphatic carbocycles. The Morgan fingerprint density at radius 3 is 0.957 bits per heavy atom. The molecule has 0 aromatic heterocycles. The topological polar surface area (TPSA) is 97.4 Å². The lowest BCUT2D eigenvalue weighted by Gasteiger charge is -1.87. The fourth-order valence-electron chi connectivity index (χ4n) is 0.177. The zero-order chi connectivity index (χ0) is 19.6. The monoisotopic (exact) mass is 337 g/mol. The number of amides is 1. The molecule has 0 aliphatic heterocycles. The van der Waals surface area contributed by atoms with Crippen molar-refractivity contribution in [1.29, 1.82) is 0 Å². The van der Waals surface area contributed by atoms with Crippen LogP contribution < -0.4 is 5.32 Å². The highest BCUT2D eigenvalue weighted by molar-refractivity contribution is 5.75. The summed E-state index contributed by atoms with van der Waals surface area (Å²) in [6, 6.07) is 0. The van der Waals surface area contributed by atoms with E-state index < -0.39 is 0 Å². The highest BCUT2D eigenvalue weighted by Gasteiger charge is 1.84. The summed E-state index contributed by atoms with van der Waals surface area (Å²) >= 11 is 0. The van der Waals surface area contributed by atoms with Gasteiger partial charge in [0.15, 0.2) is 0 Å². The van der Waals surface area contributed by atoms with Gasteiger partial charge >= 0.3 is 0 Å². The van der Waals surface area contributed by atoms with Gasteiger partial charge in [-0.25, -0.2) is 0 Å². The van der Waals surface area contributed by atoms with Crippen LogP contribution in [0, 0.1) is 0 Å². The zero-order valence-corrected chi connectivity index (χ0v) is 15.9. The molecule has 0 aliphatic rings. The Labute approximate surface area is 143 Å². The zero-order valence-electron chi connectivity index (χ0n) is 15.9. The van der Waals surface area contributed by atoms with Gasteiger partial charge in [-0.05, 0) is 41.5 Å². The predicted molar refractivity (Wildman–Crippen MR) is 98.6 cm³/mol. The van der Waals surface area contributed by atoms with Crippen LogP contribution in [0.25, 0.3) is 0 Å². The van der Waals surface area contributed by atoms with E-state index in [-0.39, 0.29) is 24.9 Å². The quantitative estimate of drug-likeness (QED) is 0.739. The number of rotatable bonds is 1. The van der Waals surface area contributed by atoms with Gasteiger partial charge in [-0.15, -0.1) is 0 Å². The van der Waals surface area contributed by atoms with E-state index in [1.54, 1.807) is 7.05 Å². The van der Waals surface area contributed by atoms with Gasteiger partial charge in [0.05, 0.1) is 0 Å². The van der Waals surface area contributed by atoms with Gasteiger partial charge in [0, 0.05) is 13.5 Å². The van der Waals surface area contributed by atoms with Gasteiger partial charge in [-0.3, -0.25) is 4.79 Å². The van der Waals surface area contributed by atoms with Crippen LogP contribution in [0.2, 0.25) is 0 Å². The van der Waals surface area contributed by atoms with Crippen molar-refractivity contribution < 1.29 is 24.0 Å². The van der Waals surface area contributed by atoms with E-state index >= 15 is 0 Å². The molecule has 1 N–H and O–H groups in total. The van der Waals surface area contributed by atoms with Crippen molar-refractivity contribution >= 4 is 30.0 Å². The maximum atomic E-state index is 10.1. The molecule has 6 nitrogen and oxygen atoms in total. The maximum Gasteiger partial charge on any atom is 0.219 e. The second-order valence-corrected chi connectivity index (χ2v) is 3.31. The summed E-state index contributed by atoms with van der Waals surface area (Å²) in [4.78, 5) is 46.6. The van der Waals surface area contributed by atoms with Crippen LogP contribution in [-0.4, -0.2) is 37.1 Å². The summed E-state index contributed by atoms with van der Waals surface area (Å²) in [7, 11) is 1.63. The van der Waals surface area contributed by atoms with Gasteiger partial charge in [0.25, 0.3) is 0 Å². The highest BCUT2D eigenvalue weighted by atomic mass is 16.1. The van der Waals surface area contributed by atoms with Crippen LogP contribution in [0.5, 0.6) is 0 Å². The molecule has 0 aromatic carbocycles. The lowest BCUT2D eigenvalue weighted by atomic mass is 10.5. The van der Waals surface area contributed by atoms with Crippen molar-refractivity contribution in [2.24, 2.45) is 0 Å². The van der Waals surface area contributed by atoms with Crippen LogP contribution >= 0.6 is 0 Å². The minimum atomic E-state index is 0. The molecule has 0 aromatic rings. The number of aldehydes is 2. The third-order valence-corrected chi connectivity index (χ3v) is 0.600. The number of nitrogens with one attached hydrogen (secondary N) is 1. The number of hydrogen-bond acceptors (Lipinski definition) is 5. The van der Waals surface area contributed by atoms with Gasteiger partial charge in [-0.2, -0.15) is 0 Å². The van der Waals surface area contributed by atoms with E-state index in [1.165, 1.54) is 41.5 Å². The summed E-state index contributed by atoms with van der Waals surface area (Å²) in [5, 5.41) is 2.48. The molecule has 0 atom stereocenters. The normalized spacial score (nSPS) is 5.65. The third-order valence-electron chi connectivity index (χ3n) is 0.600. The van der Waals surface area contributed by atoms with Crippen molar-refractivity contribution in [3.63, 3.8) is 0 Å². The largest absolute Gasteiger partial charge is 0.359 e. The van der Waals surface area contributed by atoms with E-state index in [1.807, 2.05) is 20.8 Å². The molecular weight excluding hydrogens is 298 g/mol. The Balaban J connectivity index is -0.0000000274. The standard InChI is InChI=1S/C4H9NO.2C3H6O.2C2H4O.C2H6.CH4/c1-3-4(6)5-2;2*1-3(2)4;2*1-2-3;1-2;/h3H2,1-2H3,(H,5,6);2*1-2H3;2*2H,1H3;1-2H3;1H4. The van der Waals surface area contributed by atoms with Crippen LogP contribution in [0.1, 0.15) is 76.2 Å². The fourth-order valence-corrected chi connectivity index (χ4v) is 0.177. The predicted octanol–water partition coefficient (Wildman–Crippen LogP) is 3.41. The van der Waals surface area contributed by atoms with E-state index in [0.29, 0.717) is 6.42 Å². The average molecular weight is 338 g/mol. The molecule has 0 heterocycles. The Kier molecular flexibility index (Phi) is 111. The molecule has 0 radical (unpaired) electrons. The van der Waals surface area contributed by atoms with Crippen LogP contribution in [0.4, 0.5) is 0 Å². The summed E-state index contributed by atoms with van der Waals surface area (Å²) in [6.07, 6.45) is 2.08.